The van der Waals surface area contributed by atoms with Gasteiger partial charge in [0, 0.05) is 24.7 Å². The molecule has 5 nitrogen and oxygen atoms in total. The molecule has 0 saturated carbocycles. The molecule has 4 aromatic rings. The molecular weight excluding hydrogens is 522 g/mol. The summed E-state index contributed by atoms with van der Waals surface area (Å²) >= 11 is 0. The molecule has 0 spiro atoms. The molecule has 5 rings (SSSR count). The molecule has 2 amide bonds. The van der Waals surface area contributed by atoms with Crippen LogP contribution in [0.25, 0.3) is 11.1 Å². The predicted molar refractivity (Wildman–Crippen MR) is 143 cm³/mol. The quantitative estimate of drug-likeness (QED) is 0.222. The number of rotatable bonds is 6. The summed E-state index contributed by atoms with van der Waals surface area (Å²) in [6, 6.07) is 21.9. The Bertz CT molecular complexity index is 1520. The average Bonchev–Trinajstić information content (AvgIpc) is 2.98. The maximum Gasteiger partial charge on any atom is 0.253 e. The maximum absolute atomic E-state index is 13.7. The third-order valence-electron chi connectivity index (χ3n) is 7.29. The van der Waals surface area contributed by atoms with E-state index in [9.17, 15) is 27.2 Å². The fourth-order valence-corrected chi connectivity index (χ4v) is 4.96. The number of piperidine rings is 1. The van der Waals surface area contributed by atoms with E-state index in [0.29, 0.717) is 11.1 Å². The van der Waals surface area contributed by atoms with E-state index < -0.39 is 28.8 Å². The Balaban J connectivity index is 1.31. The van der Waals surface area contributed by atoms with Crippen molar-refractivity contribution in [2.24, 2.45) is 0 Å². The van der Waals surface area contributed by atoms with Crippen molar-refractivity contribution in [1.29, 1.82) is 0 Å². The molecule has 40 heavy (non-hydrogen) atoms. The Hall–Kier alpha value is -4.66. The molecule has 1 heterocycles. The molecule has 204 valence electrons. The van der Waals surface area contributed by atoms with Crippen LogP contribution in [0.2, 0.25) is 0 Å². The zero-order chi connectivity index (χ0) is 28.3. The molecule has 1 fully saturated rings. The summed E-state index contributed by atoms with van der Waals surface area (Å²) in [5.74, 6) is -3.49. The molecule has 0 unspecified atom stereocenters. The Kier molecular flexibility index (Phi) is 7.55. The Morgan fingerprint density at radius 2 is 1.23 bits per heavy atom. The summed E-state index contributed by atoms with van der Waals surface area (Å²) in [6.07, 6.45) is 0.507. The highest BCUT2D eigenvalue weighted by molar-refractivity contribution is 5.95. The van der Waals surface area contributed by atoms with E-state index in [-0.39, 0.29) is 43.3 Å². The fraction of sp³-hybridized carbons (Fsp3) is 0.161. The number of anilines is 1. The second-order valence-corrected chi connectivity index (χ2v) is 9.67. The molecule has 0 aromatic heterocycles. The number of nitrogens with zero attached hydrogens (tertiary/aromatic N) is 1. The van der Waals surface area contributed by atoms with E-state index >= 15 is 0 Å². The second-order valence-electron chi connectivity index (χ2n) is 9.67. The van der Waals surface area contributed by atoms with Gasteiger partial charge in [-0.3, -0.25) is 20.4 Å². The lowest BCUT2D eigenvalue weighted by molar-refractivity contribution is -0.128. The van der Waals surface area contributed by atoms with Gasteiger partial charge in [0.25, 0.3) is 5.91 Å². The van der Waals surface area contributed by atoms with Gasteiger partial charge in [-0.15, -0.1) is 0 Å². The number of hydrogen-bond acceptors (Lipinski definition) is 3. The minimum absolute atomic E-state index is 0.151. The molecule has 1 aliphatic heterocycles. The summed E-state index contributed by atoms with van der Waals surface area (Å²) in [7, 11) is 0. The highest BCUT2D eigenvalue weighted by Gasteiger charge is 2.44. The number of hydrazine groups is 1. The molecule has 1 saturated heterocycles. The van der Waals surface area contributed by atoms with Gasteiger partial charge in [0.1, 0.15) is 11.6 Å². The summed E-state index contributed by atoms with van der Waals surface area (Å²) in [6.45, 7) is 0.517. The first-order chi connectivity index (χ1) is 19.2. The highest BCUT2D eigenvalue weighted by Crippen LogP contribution is 2.37. The van der Waals surface area contributed by atoms with E-state index in [2.05, 4.69) is 10.9 Å². The third kappa shape index (κ3) is 5.54. The lowest BCUT2D eigenvalue weighted by Crippen LogP contribution is -2.53. The standard InChI is InChI=1S/C31H25F4N3O2/c32-24-9-5-21(6-10-24)20-1-3-22(4-2-20)29(39)38-17-15-31(16-18-38,23-7-11-25(33)12-8-23)30(40)37-36-26-13-14-27(34)28(35)19-26/h1-14,19,36H,15-18H2,(H,37,40). The van der Waals surface area contributed by atoms with E-state index in [1.807, 2.05) is 0 Å². The molecule has 0 atom stereocenters. The largest absolute Gasteiger partial charge is 0.339 e. The van der Waals surface area contributed by atoms with Crippen LogP contribution in [0.1, 0.15) is 28.8 Å². The van der Waals surface area contributed by atoms with Gasteiger partial charge in [0.2, 0.25) is 5.91 Å². The lowest BCUT2D eigenvalue weighted by atomic mass is 9.72. The zero-order valence-electron chi connectivity index (χ0n) is 21.3. The molecular formula is C31H25F4N3O2. The SMILES string of the molecule is O=C(c1ccc(-c2ccc(F)cc2)cc1)N1CCC(C(=O)NNc2ccc(F)c(F)c2)(c2ccc(F)cc2)CC1. The number of carbonyl (C=O) groups excluding carboxylic acids is 2. The van der Waals surface area contributed by atoms with Crippen LogP contribution in [0.5, 0.6) is 0 Å². The third-order valence-corrected chi connectivity index (χ3v) is 7.29. The topological polar surface area (TPSA) is 61.4 Å². The number of hydrogen-bond donors (Lipinski definition) is 2. The molecule has 1 aliphatic rings. The molecule has 0 aliphatic carbocycles. The zero-order valence-corrected chi connectivity index (χ0v) is 21.3. The van der Waals surface area contributed by atoms with Crippen LogP contribution >= 0.6 is 0 Å². The van der Waals surface area contributed by atoms with Gasteiger partial charge in [0.15, 0.2) is 11.6 Å². The lowest BCUT2D eigenvalue weighted by Gasteiger charge is -2.41. The summed E-state index contributed by atoms with van der Waals surface area (Å²) < 4.78 is 53.8. The smallest absolute Gasteiger partial charge is 0.253 e. The molecule has 0 radical (unpaired) electrons. The monoisotopic (exact) mass is 547 g/mol. The number of amides is 2. The van der Waals surface area contributed by atoms with Crippen LogP contribution in [0.3, 0.4) is 0 Å². The van der Waals surface area contributed by atoms with Crippen molar-refractivity contribution in [3.63, 3.8) is 0 Å². The van der Waals surface area contributed by atoms with Gasteiger partial charge >= 0.3 is 0 Å². The highest BCUT2D eigenvalue weighted by atomic mass is 19.2. The molecule has 4 aromatic carbocycles. The maximum atomic E-state index is 13.7. The predicted octanol–water partition coefficient (Wildman–Crippen LogP) is 6.23. The Morgan fingerprint density at radius 3 is 1.80 bits per heavy atom. The van der Waals surface area contributed by atoms with E-state index in [0.717, 1.165) is 23.3 Å². The van der Waals surface area contributed by atoms with E-state index in [1.54, 1.807) is 41.3 Å². The van der Waals surface area contributed by atoms with Crippen LogP contribution in [0.4, 0.5) is 23.2 Å². The number of benzene rings is 4. The molecule has 0 bridgehead atoms. The Morgan fingerprint density at radius 1 is 0.675 bits per heavy atom. The first kappa shape index (κ1) is 26.9. The Labute approximate surface area is 228 Å². The van der Waals surface area contributed by atoms with Gasteiger partial charge in [-0.1, -0.05) is 36.4 Å². The average molecular weight is 548 g/mol. The molecule has 9 heteroatoms. The number of likely N-dealkylation sites (tertiary alicyclic amines) is 1. The first-order valence-corrected chi connectivity index (χ1v) is 12.7. The fourth-order valence-electron chi connectivity index (χ4n) is 4.96. The van der Waals surface area contributed by atoms with Gasteiger partial charge in [-0.05, 0) is 78.1 Å². The van der Waals surface area contributed by atoms with Crippen molar-refractivity contribution in [2.45, 2.75) is 18.3 Å². The van der Waals surface area contributed by atoms with Crippen molar-refractivity contribution in [3.8, 4) is 11.1 Å². The normalized spacial score (nSPS) is 14.4. The van der Waals surface area contributed by atoms with Gasteiger partial charge < -0.3 is 4.90 Å². The second kappa shape index (κ2) is 11.2. The van der Waals surface area contributed by atoms with Crippen LogP contribution in [0, 0.1) is 23.3 Å². The van der Waals surface area contributed by atoms with E-state index in [4.69, 9.17) is 0 Å². The summed E-state index contributed by atoms with van der Waals surface area (Å²) in [5, 5.41) is 0. The van der Waals surface area contributed by atoms with Gasteiger partial charge in [-0.25, -0.2) is 17.6 Å². The van der Waals surface area contributed by atoms with Gasteiger partial charge in [-0.2, -0.15) is 0 Å². The van der Waals surface area contributed by atoms with Crippen LogP contribution in [-0.4, -0.2) is 29.8 Å². The van der Waals surface area contributed by atoms with Crippen molar-refractivity contribution in [1.82, 2.24) is 10.3 Å². The summed E-state index contributed by atoms with van der Waals surface area (Å²) in [4.78, 5) is 28.4. The van der Waals surface area contributed by atoms with Crippen LogP contribution in [-0.2, 0) is 10.2 Å². The number of carbonyl (C=O) groups is 2. The number of halogens is 4. The van der Waals surface area contributed by atoms with Crippen molar-refractivity contribution >= 4 is 17.5 Å². The minimum Gasteiger partial charge on any atom is -0.339 e. The van der Waals surface area contributed by atoms with Crippen molar-refractivity contribution < 1.29 is 27.2 Å². The van der Waals surface area contributed by atoms with Crippen LogP contribution < -0.4 is 10.9 Å². The van der Waals surface area contributed by atoms with Crippen molar-refractivity contribution in [3.05, 3.63) is 125 Å². The van der Waals surface area contributed by atoms with Gasteiger partial charge in [0.05, 0.1) is 11.1 Å². The first-order valence-electron chi connectivity index (χ1n) is 12.7. The van der Waals surface area contributed by atoms with Crippen molar-refractivity contribution in [2.75, 3.05) is 18.5 Å². The van der Waals surface area contributed by atoms with Crippen LogP contribution in [0.15, 0.2) is 91.0 Å². The summed E-state index contributed by atoms with van der Waals surface area (Å²) in [5.41, 5.74) is 6.97. The minimum atomic E-state index is -1.09. The van der Waals surface area contributed by atoms with E-state index in [1.165, 1.54) is 42.5 Å². The molecule has 2 N–H and O–H groups in total. The number of nitrogens with one attached hydrogen (secondary N) is 2.